The summed E-state index contributed by atoms with van der Waals surface area (Å²) in [4.78, 5) is 13.6. The number of ether oxygens (including phenoxy) is 1. The van der Waals surface area contributed by atoms with E-state index in [0.717, 1.165) is 16.8 Å². The van der Waals surface area contributed by atoms with Gasteiger partial charge in [-0.15, -0.1) is 0 Å². The van der Waals surface area contributed by atoms with Crippen molar-refractivity contribution in [2.75, 3.05) is 12.0 Å². The van der Waals surface area contributed by atoms with Gasteiger partial charge < -0.3 is 10.5 Å². The summed E-state index contributed by atoms with van der Waals surface area (Å²) in [6.45, 7) is 0.267. The number of primary amides is 1. The first kappa shape index (κ1) is 18.3. The van der Waals surface area contributed by atoms with Crippen LogP contribution in [0.25, 0.3) is 0 Å². The van der Waals surface area contributed by atoms with Crippen LogP contribution in [0.4, 0.5) is 14.9 Å². The third-order valence-corrected chi connectivity index (χ3v) is 5.32. The SMILES string of the molecule is COc1cc(F)c(Cl)c(Cn2cc(C3Cc4ccccc4N3C(N)=O)cn2)c1. The first-order valence-corrected chi connectivity index (χ1v) is 9.06. The Hall–Kier alpha value is -3.06. The highest BCUT2D eigenvalue weighted by Crippen LogP contribution is 2.40. The molecule has 0 aliphatic carbocycles. The predicted molar refractivity (Wildman–Crippen MR) is 104 cm³/mol. The molecule has 2 N–H and O–H groups in total. The van der Waals surface area contributed by atoms with E-state index in [9.17, 15) is 9.18 Å². The summed E-state index contributed by atoms with van der Waals surface area (Å²) in [5, 5.41) is 4.39. The summed E-state index contributed by atoms with van der Waals surface area (Å²) in [5.74, 6) is -0.162. The molecule has 1 aliphatic heterocycles. The maximum Gasteiger partial charge on any atom is 0.319 e. The summed E-state index contributed by atoms with van der Waals surface area (Å²) >= 11 is 6.09. The van der Waals surface area contributed by atoms with Crippen LogP contribution < -0.4 is 15.4 Å². The number of rotatable bonds is 4. The lowest BCUT2D eigenvalue weighted by molar-refractivity contribution is 0.252. The molecule has 28 heavy (non-hydrogen) atoms. The molecular weight excluding hydrogens is 383 g/mol. The minimum Gasteiger partial charge on any atom is -0.497 e. The molecule has 1 atom stereocenters. The number of hydrogen-bond acceptors (Lipinski definition) is 3. The molecule has 8 heteroatoms. The number of urea groups is 1. The van der Waals surface area contributed by atoms with Crippen molar-refractivity contribution in [3.63, 3.8) is 0 Å². The quantitative estimate of drug-likeness (QED) is 0.721. The van der Waals surface area contributed by atoms with E-state index >= 15 is 0 Å². The number of anilines is 1. The third-order valence-electron chi connectivity index (χ3n) is 4.90. The molecule has 0 bridgehead atoms. The minimum absolute atomic E-state index is 0.0323. The molecule has 144 valence electrons. The van der Waals surface area contributed by atoms with Crippen LogP contribution in [-0.4, -0.2) is 22.9 Å². The maximum atomic E-state index is 14.0. The molecule has 0 radical (unpaired) electrons. The van der Waals surface area contributed by atoms with Crippen molar-refractivity contribution in [2.24, 2.45) is 5.73 Å². The molecule has 6 nitrogen and oxygen atoms in total. The topological polar surface area (TPSA) is 73.4 Å². The fraction of sp³-hybridized carbons (Fsp3) is 0.200. The summed E-state index contributed by atoms with van der Waals surface area (Å²) in [6, 6.07) is 9.83. The fourth-order valence-corrected chi connectivity index (χ4v) is 3.76. The first-order valence-electron chi connectivity index (χ1n) is 8.68. The second kappa shape index (κ2) is 7.16. The van der Waals surface area contributed by atoms with Crippen molar-refractivity contribution in [1.29, 1.82) is 0 Å². The van der Waals surface area contributed by atoms with Crippen LogP contribution in [0.2, 0.25) is 5.02 Å². The van der Waals surface area contributed by atoms with Gasteiger partial charge in [-0.2, -0.15) is 5.10 Å². The minimum atomic E-state index is -0.547. The van der Waals surface area contributed by atoms with Crippen molar-refractivity contribution in [1.82, 2.24) is 9.78 Å². The maximum absolute atomic E-state index is 14.0. The number of carbonyl (C=O) groups is 1. The number of aromatic nitrogens is 2. The number of fused-ring (bicyclic) bond motifs is 1. The summed E-state index contributed by atoms with van der Waals surface area (Å²) in [5.41, 5.74) is 8.88. The van der Waals surface area contributed by atoms with Gasteiger partial charge in [-0.1, -0.05) is 29.8 Å². The molecule has 2 aromatic carbocycles. The highest BCUT2D eigenvalue weighted by Gasteiger charge is 2.34. The van der Waals surface area contributed by atoms with E-state index in [1.807, 2.05) is 30.5 Å². The fourth-order valence-electron chi connectivity index (χ4n) is 3.59. The van der Waals surface area contributed by atoms with Gasteiger partial charge in [0.15, 0.2) is 0 Å². The lowest BCUT2D eigenvalue weighted by Crippen LogP contribution is -2.36. The number of methoxy groups -OCH3 is 1. The normalized spacial score (nSPS) is 15.5. The van der Waals surface area contributed by atoms with E-state index in [2.05, 4.69) is 5.10 Å². The molecule has 3 aromatic rings. The largest absolute Gasteiger partial charge is 0.497 e. The van der Waals surface area contributed by atoms with Gasteiger partial charge in [0.25, 0.3) is 0 Å². The molecule has 0 fully saturated rings. The number of carbonyl (C=O) groups excluding carboxylic acids is 1. The van der Waals surface area contributed by atoms with Crippen molar-refractivity contribution in [2.45, 2.75) is 19.0 Å². The van der Waals surface area contributed by atoms with E-state index < -0.39 is 11.8 Å². The molecule has 0 saturated heterocycles. The molecule has 0 spiro atoms. The zero-order valence-corrected chi connectivity index (χ0v) is 15.9. The highest BCUT2D eigenvalue weighted by atomic mass is 35.5. The van der Waals surface area contributed by atoms with Crippen LogP contribution in [0, 0.1) is 5.82 Å². The molecule has 1 aliphatic rings. The Kier molecular flexibility index (Phi) is 4.68. The van der Waals surface area contributed by atoms with E-state index in [1.165, 1.54) is 13.2 Å². The van der Waals surface area contributed by atoms with Crippen molar-refractivity contribution < 1.29 is 13.9 Å². The van der Waals surface area contributed by atoms with Gasteiger partial charge in [-0.3, -0.25) is 9.58 Å². The van der Waals surface area contributed by atoms with Gasteiger partial charge in [0.05, 0.1) is 30.9 Å². The summed E-state index contributed by atoms with van der Waals surface area (Å²) in [7, 11) is 1.47. The zero-order valence-electron chi connectivity index (χ0n) is 15.1. The Labute approximate surface area is 166 Å². The third kappa shape index (κ3) is 3.18. The molecule has 4 rings (SSSR count). The zero-order chi connectivity index (χ0) is 19.8. The van der Waals surface area contributed by atoms with Crippen molar-refractivity contribution in [3.05, 3.63) is 76.3 Å². The standard InChI is InChI=1S/C20H18ClFN4O2/c1-28-15-6-13(19(21)16(22)8-15)10-25-11-14(9-24-25)18-7-12-4-2-3-5-17(12)26(18)20(23)27/h2-6,8-9,11,18H,7,10H2,1H3,(H2,23,27). The van der Waals surface area contributed by atoms with Crippen LogP contribution in [0.3, 0.4) is 0 Å². The summed E-state index contributed by atoms with van der Waals surface area (Å²) in [6.07, 6.45) is 4.16. The number of para-hydroxylation sites is 1. The molecule has 2 heterocycles. The van der Waals surface area contributed by atoms with Crippen LogP contribution in [-0.2, 0) is 13.0 Å². The Morgan fingerprint density at radius 1 is 1.39 bits per heavy atom. The Balaban J connectivity index is 1.62. The second-order valence-corrected chi connectivity index (χ2v) is 6.99. The van der Waals surface area contributed by atoms with Crippen LogP contribution in [0.15, 0.2) is 48.8 Å². The number of amides is 2. The van der Waals surface area contributed by atoms with E-state index in [4.69, 9.17) is 22.1 Å². The monoisotopic (exact) mass is 400 g/mol. The van der Waals surface area contributed by atoms with Crippen LogP contribution >= 0.6 is 11.6 Å². The molecule has 0 saturated carbocycles. The van der Waals surface area contributed by atoms with Gasteiger partial charge in [0.2, 0.25) is 0 Å². The molecule has 1 aromatic heterocycles. The van der Waals surface area contributed by atoms with Gasteiger partial charge in [0, 0.05) is 23.5 Å². The Morgan fingerprint density at radius 2 is 2.18 bits per heavy atom. The molecule has 2 amide bonds. The van der Waals surface area contributed by atoms with Gasteiger partial charge in [-0.05, 0) is 29.7 Å². The van der Waals surface area contributed by atoms with Crippen molar-refractivity contribution in [3.8, 4) is 5.75 Å². The lowest BCUT2D eigenvalue weighted by Gasteiger charge is -2.22. The highest BCUT2D eigenvalue weighted by molar-refractivity contribution is 6.31. The number of halogens is 2. The van der Waals surface area contributed by atoms with E-state index in [0.29, 0.717) is 17.7 Å². The number of nitrogens with two attached hydrogens (primary N) is 1. The van der Waals surface area contributed by atoms with E-state index in [1.54, 1.807) is 21.8 Å². The molecular formula is C20H18ClFN4O2. The second-order valence-electron chi connectivity index (χ2n) is 6.61. The number of hydrogen-bond donors (Lipinski definition) is 1. The Bertz CT molecular complexity index is 1050. The average molecular weight is 401 g/mol. The predicted octanol–water partition coefficient (Wildman–Crippen LogP) is 3.92. The van der Waals surface area contributed by atoms with Crippen LogP contribution in [0.5, 0.6) is 5.75 Å². The lowest BCUT2D eigenvalue weighted by atomic mass is 10.1. The van der Waals surface area contributed by atoms with E-state index in [-0.39, 0.29) is 17.6 Å². The number of benzene rings is 2. The number of nitrogens with zero attached hydrogens (tertiary/aromatic N) is 3. The van der Waals surface area contributed by atoms with Gasteiger partial charge >= 0.3 is 6.03 Å². The average Bonchev–Trinajstić information content (AvgIpc) is 3.29. The smallest absolute Gasteiger partial charge is 0.319 e. The van der Waals surface area contributed by atoms with Gasteiger partial charge in [-0.25, -0.2) is 9.18 Å². The van der Waals surface area contributed by atoms with Crippen LogP contribution in [0.1, 0.15) is 22.7 Å². The Morgan fingerprint density at radius 3 is 2.93 bits per heavy atom. The first-order chi connectivity index (χ1) is 13.5. The summed E-state index contributed by atoms with van der Waals surface area (Å²) < 4.78 is 20.7. The van der Waals surface area contributed by atoms with Crippen molar-refractivity contribution >= 4 is 23.3 Å². The molecule has 1 unspecified atom stereocenters. The van der Waals surface area contributed by atoms with Gasteiger partial charge in [0.1, 0.15) is 11.6 Å².